The molecular formula is C16H22ClF3N2O. The third-order valence-corrected chi connectivity index (χ3v) is 3.96. The molecule has 7 heteroatoms. The van der Waals surface area contributed by atoms with Crippen molar-refractivity contribution in [2.45, 2.75) is 38.4 Å². The van der Waals surface area contributed by atoms with Gasteiger partial charge in [-0.2, -0.15) is 13.2 Å². The lowest BCUT2D eigenvalue weighted by molar-refractivity contribution is -0.137. The fourth-order valence-electron chi connectivity index (χ4n) is 2.61. The van der Waals surface area contributed by atoms with Gasteiger partial charge in [-0.3, -0.25) is 4.79 Å². The highest BCUT2D eigenvalue weighted by atomic mass is 35.5. The Morgan fingerprint density at radius 3 is 2.52 bits per heavy atom. The molecule has 2 unspecified atom stereocenters. The van der Waals surface area contributed by atoms with Gasteiger partial charge in [0, 0.05) is 18.5 Å². The van der Waals surface area contributed by atoms with Crippen LogP contribution in [0.1, 0.15) is 30.9 Å². The Labute approximate surface area is 140 Å². The van der Waals surface area contributed by atoms with Gasteiger partial charge in [-0.25, -0.2) is 0 Å². The molecule has 1 aliphatic rings. The van der Waals surface area contributed by atoms with Crippen molar-refractivity contribution in [3.8, 4) is 0 Å². The zero-order valence-electron chi connectivity index (χ0n) is 13.0. The predicted octanol–water partition coefficient (Wildman–Crippen LogP) is 3.17. The quantitative estimate of drug-likeness (QED) is 0.856. The van der Waals surface area contributed by atoms with Crippen molar-refractivity contribution in [1.82, 2.24) is 10.6 Å². The number of nitrogens with one attached hydrogen (secondary N) is 2. The van der Waals surface area contributed by atoms with Crippen LogP contribution in [0.3, 0.4) is 0 Å². The second kappa shape index (κ2) is 8.55. The van der Waals surface area contributed by atoms with Gasteiger partial charge in [-0.05, 0) is 43.5 Å². The van der Waals surface area contributed by atoms with E-state index in [2.05, 4.69) is 10.6 Å². The van der Waals surface area contributed by atoms with Gasteiger partial charge in [0.05, 0.1) is 5.56 Å². The number of halogens is 4. The third-order valence-electron chi connectivity index (χ3n) is 3.96. The first kappa shape index (κ1) is 19.8. The maximum absolute atomic E-state index is 12.5. The number of alkyl halides is 3. The van der Waals surface area contributed by atoms with Gasteiger partial charge in [0.15, 0.2) is 0 Å². The molecule has 0 spiro atoms. The van der Waals surface area contributed by atoms with Crippen LogP contribution in [0.2, 0.25) is 0 Å². The predicted molar refractivity (Wildman–Crippen MR) is 85.6 cm³/mol. The summed E-state index contributed by atoms with van der Waals surface area (Å²) in [6, 6.07) is 5.32. The van der Waals surface area contributed by atoms with Gasteiger partial charge >= 0.3 is 6.18 Å². The number of hydrogen-bond acceptors (Lipinski definition) is 2. The Bertz CT molecular complexity index is 499. The number of amides is 1. The molecule has 0 saturated carbocycles. The molecule has 1 heterocycles. The van der Waals surface area contributed by atoms with E-state index in [1.165, 1.54) is 12.1 Å². The summed E-state index contributed by atoms with van der Waals surface area (Å²) in [5, 5.41) is 6.20. The highest BCUT2D eigenvalue weighted by molar-refractivity contribution is 5.85. The van der Waals surface area contributed by atoms with Crippen molar-refractivity contribution in [1.29, 1.82) is 0 Å². The molecule has 0 aromatic heterocycles. The monoisotopic (exact) mass is 350 g/mol. The van der Waals surface area contributed by atoms with Crippen LogP contribution in [-0.4, -0.2) is 25.0 Å². The standard InChI is InChI=1S/C16H21F3N2O.ClH/c1-11(15(22)21-10-14-3-2-8-20-14)9-12-4-6-13(7-5-12)16(17,18)19;/h4-7,11,14,20H,2-3,8-10H2,1H3,(H,21,22);1H. The van der Waals surface area contributed by atoms with Gasteiger partial charge in [-0.1, -0.05) is 19.1 Å². The van der Waals surface area contributed by atoms with Gasteiger partial charge in [0.1, 0.15) is 0 Å². The van der Waals surface area contributed by atoms with E-state index in [-0.39, 0.29) is 24.2 Å². The SMILES string of the molecule is CC(Cc1ccc(C(F)(F)F)cc1)C(=O)NCC1CCCN1.Cl. The smallest absolute Gasteiger partial charge is 0.354 e. The lowest BCUT2D eigenvalue weighted by atomic mass is 9.99. The number of rotatable bonds is 5. The van der Waals surface area contributed by atoms with E-state index in [1.807, 2.05) is 0 Å². The highest BCUT2D eigenvalue weighted by Gasteiger charge is 2.30. The average Bonchev–Trinajstić information content (AvgIpc) is 2.97. The normalized spacial score (nSPS) is 19.0. The van der Waals surface area contributed by atoms with Crippen LogP contribution in [0.25, 0.3) is 0 Å². The van der Waals surface area contributed by atoms with Crippen LogP contribution in [0.4, 0.5) is 13.2 Å². The summed E-state index contributed by atoms with van der Waals surface area (Å²) >= 11 is 0. The molecule has 2 N–H and O–H groups in total. The summed E-state index contributed by atoms with van der Waals surface area (Å²) in [4.78, 5) is 12.0. The third kappa shape index (κ3) is 6.03. The summed E-state index contributed by atoms with van der Waals surface area (Å²) in [5.74, 6) is -0.327. The lowest BCUT2D eigenvalue weighted by Gasteiger charge is -2.16. The van der Waals surface area contributed by atoms with Crippen molar-refractivity contribution in [2.75, 3.05) is 13.1 Å². The minimum atomic E-state index is -4.32. The molecule has 130 valence electrons. The fourth-order valence-corrected chi connectivity index (χ4v) is 2.61. The molecule has 3 nitrogen and oxygen atoms in total. The summed E-state index contributed by atoms with van der Waals surface area (Å²) < 4.78 is 37.5. The Kier molecular flexibility index (Phi) is 7.35. The first-order valence-corrected chi connectivity index (χ1v) is 7.53. The average molecular weight is 351 g/mol. The Morgan fingerprint density at radius 2 is 2.00 bits per heavy atom. The second-order valence-corrected chi connectivity index (χ2v) is 5.84. The molecule has 2 rings (SSSR count). The summed E-state index contributed by atoms with van der Waals surface area (Å²) in [6.45, 7) is 3.38. The van der Waals surface area contributed by atoms with Crippen molar-refractivity contribution in [3.05, 3.63) is 35.4 Å². The topological polar surface area (TPSA) is 41.1 Å². The van der Waals surface area contributed by atoms with Crippen molar-refractivity contribution >= 4 is 18.3 Å². The minimum Gasteiger partial charge on any atom is -0.354 e. The molecule has 1 fully saturated rings. The molecule has 0 radical (unpaired) electrons. The molecule has 1 saturated heterocycles. The summed E-state index contributed by atoms with van der Waals surface area (Å²) in [5.41, 5.74) is 0.0651. The highest BCUT2D eigenvalue weighted by Crippen LogP contribution is 2.29. The van der Waals surface area contributed by atoms with E-state index >= 15 is 0 Å². The molecular weight excluding hydrogens is 329 g/mol. The Balaban J connectivity index is 0.00000264. The number of carbonyl (C=O) groups excluding carboxylic acids is 1. The molecule has 1 aliphatic heterocycles. The maximum atomic E-state index is 12.5. The fraction of sp³-hybridized carbons (Fsp3) is 0.562. The van der Waals surface area contributed by atoms with E-state index < -0.39 is 11.7 Å². The largest absolute Gasteiger partial charge is 0.416 e. The Hall–Kier alpha value is -1.27. The van der Waals surface area contributed by atoms with Crippen molar-refractivity contribution in [3.63, 3.8) is 0 Å². The van der Waals surface area contributed by atoms with E-state index in [9.17, 15) is 18.0 Å². The molecule has 2 atom stereocenters. The molecule has 1 aromatic rings. The van der Waals surface area contributed by atoms with Gasteiger partial charge in [0.2, 0.25) is 5.91 Å². The molecule has 1 amide bonds. The Morgan fingerprint density at radius 1 is 1.35 bits per heavy atom. The van der Waals surface area contributed by atoms with Gasteiger partial charge in [0.25, 0.3) is 0 Å². The first-order valence-electron chi connectivity index (χ1n) is 7.53. The molecule has 23 heavy (non-hydrogen) atoms. The van der Waals surface area contributed by atoms with E-state index in [4.69, 9.17) is 0 Å². The minimum absolute atomic E-state index is 0. The van der Waals surface area contributed by atoms with E-state index in [1.54, 1.807) is 6.92 Å². The van der Waals surface area contributed by atoms with Gasteiger partial charge < -0.3 is 10.6 Å². The van der Waals surface area contributed by atoms with Crippen molar-refractivity contribution < 1.29 is 18.0 Å². The van der Waals surface area contributed by atoms with Crippen LogP contribution in [0.5, 0.6) is 0 Å². The zero-order chi connectivity index (χ0) is 16.2. The molecule has 0 aliphatic carbocycles. The van der Waals surface area contributed by atoms with E-state index in [0.717, 1.165) is 37.1 Å². The maximum Gasteiger partial charge on any atom is 0.416 e. The van der Waals surface area contributed by atoms with Crippen LogP contribution >= 0.6 is 12.4 Å². The second-order valence-electron chi connectivity index (χ2n) is 5.84. The summed E-state index contributed by atoms with van der Waals surface area (Å²) in [6.07, 6.45) is -1.70. The molecule has 1 aromatic carbocycles. The van der Waals surface area contributed by atoms with Crippen molar-refractivity contribution in [2.24, 2.45) is 5.92 Å². The lowest BCUT2D eigenvalue weighted by Crippen LogP contribution is -2.39. The number of benzene rings is 1. The van der Waals surface area contributed by atoms with Crippen LogP contribution in [0.15, 0.2) is 24.3 Å². The summed E-state index contributed by atoms with van der Waals surface area (Å²) in [7, 11) is 0. The first-order chi connectivity index (χ1) is 10.4. The number of carbonyl (C=O) groups is 1. The van der Waals surface area contributed by atoms with Crippen LogP contribution in [-0.2, 0) is 17.4 Å². The zero-order valence-corrected chi connectivity index (χ0v) is 13.8. The van der Waals surface area contributed by atoms with Crippen LogP contribution in [0, 0.1) is 5.92 Å². The van der Waals surface area contributed by atoms with Crippen LogP contribution < -0.4 is 10.6 Å². The van der Waals surface area contributed by atoms with E-state index in [0.29, 0.717) is 19.0 Å². The number of hydrogen-bond donors (Lipinski definition) is 2. The van der Waals surface area contributed by atoms with Gasteiger partial charge in [-0.15, -0.1) is 12.4 Å². The molecule has 0 bridgehead atoms.